The quantitative estimate of drug-likeness (QED) is 0.663. The topological polar surface area (TPSA) is 106 Å². The van der Waals surface area contributed by atoms with Crippen LogP contribution in [0.15, 0.2) is 12.1 Å². The molecule has 2 heterocycles. The van der Waals surface area contributed by atoms with Crippen molar-refractivity contribution in [2.24, 2.45) is 7.05 Å². The Bertz CT molecular complexity index is 600. The van der Waals surface area contributed by atoms with Gasteiger partial charge in [-0.3, -0.25) is 4.79 Å². The fourth-order valence-electron chi connectivity index (χ4n) is 2.37. The van der Waals surface area contributed by atoms with Crippen molar-refractivity contribution in [3.63, 3.8) is 0 Å². The van der Waals surface area contributed by atoms with Gasteiger partial charge in [0.15, 0.2) is 5.69 Å². The molecule has 0 aliphatic carbocycles. The Hall–Kier alpha value is -2.03. The number of amides is 1. The minimum absolute atomic E-state index is 0.119. The van der Waals surface area contributed by atoms with Gasteiger partial charge in [-0.15, -0.1) is 11.8 Å². The summed E-state index contributed by atoms with van der Waals surface area (Å²) >= 11 is 1.41. The second kappa shape index (κ2) is 5.76. The summed E-state index contributed by atoms with van der Waals surface area (Å²) < 4.78 is 1.18. The van der Waals surface area contributed by atoms with Crippen molar-refractivity contribution in [3.05, 3.63) is 27.9 Å². The molecular weight excluding hydrogens is 298 g/mol. The number of carboxylic acid groups (broad SMARTS) is 1. The normalized spacial score (nSPS) is 21.5. The number of carbonyl (C=O) groups is 2. The number of rotatable bonds is 4. The van der Waals surface area contributed by atoms with Crippen LogP contribution in [-0.4, -0.2) is 48.5 Å². The monoisotopic (exact) mass is 313 g/mol. The molecule has 0 spiro atoms. The Morgan fingerprint density at radius 1 is 1.52 bits per heavy atom. The van der Waals surface area contributed by atoms with E-state index in [0.717, 1.165) is 0 Å². The summed E-state index contributed by atoms with van der Waals surface area (Å²) in [5, 5.41) is 19.8. The number of aliphatic carboxylic acids is 1. The molecule has 1 fully saturated rings. The minimum Gasteiger partial charge on any atom is -0.480 e. The standard InChI is InChI=1S/C12H15N3O5S/c1-3-10-14(8(6-21-10)12(17)18)11(16)7-4-5-9(13(7)2)15(19)20/h4-5,8,10H,3,6H2,1-2H3,(H,17,18). The van der Waals surface area contributed by atoms with Crippen LogP contribution in [0.3, 0.4) is 0 Å². The number of carbonyl (C=O) groups excluding carboxylic acids is 1. The second-order valence-electron chi connectivity index (χ2n) is 4.66. The van der Waals surface area contributed by atoms with Crippen molar-refractivity contribution < 1.29 is 19.6 Å². The van der Waals surface area contributed by atoms with Crippen LogP contribution in [0.5, 0.6) is 0 Å². The van der Waals surface area contributed by atoms with E-state index < -0.39 is 22.8 Å². The van der Waals surface area contributed by atoms with E-state index in [1.165, 1.54) is 40.4 Å². The van der Waals surface area contributed by atoms with Gasteiger partial charge in [0.2, 0.25) is 0 Å². The summed E-state index contributed by atoms with van der Waals surface area (Å²) in [5.74, 6) is -1.43. The van der Waals surface area contributed by atoms with E-state index >= 15 is 0 Å². The lowest BCUT2D eigenvalue weighted by molar-refractivity contribution is -0.391. The van der Waals surface area contributed by atoms with Crippen molar-refractivity contribution in [3.8, 4) is 0 Å². The minimum atomic E-state index is -1.06. The smallest absolute Gasteiger partial charge is 0.327 e. The Morgan fingerprint density at radius 3 is 2.67 bits per heavy atom. The van der Waals surface area contributed by atoms with Crippen molar-refractivity contribution in [1.29, 1.82) is 0 Å². The average Bonchev–Trinajstić information content (AvgIpc) is 3.00. The Balaban J connectivity index is 2.37. The fraction of sp³-hybridized carbons (Fsp3) is 0.500. The number of nitro groups is 1. The van der Waals surface area contributed by atoms with Gasteiger partial charge in [-0.05, 0) is 17.4 Å². The number of carboxylic acids is 1. The predicted octanol–water partition coefficient (Wildman–Crippen LogP) is 1.31. The molecule has 8 nitrogen and oxygen atoms in total. The third kappa shape index (κ3) is 2.60. The molecule has 2 unspecified atom stereocenters. The van der Waals surface area contributed by atoms with E-state index in [2.05, 4.69) is 0 Å². The first-order valence-electron chi connectivity index (χ1n) is 6.35. The maximum atomic E-state index is 12.6. The lowest BCUT2D eigenvalue weighted by Gasteiger charge is -2.25. The molecular formula is C12H15N3O5S. The number of aromatic nitrogens is 1. The summed E-state index contributed by atoms with van der Waals surface area (Å²) in [4.78, 5) is 35.4. The molecule has 0 aromatic carbocycles. The lowest BCUT2D eigenvalue weighted by Crippen LogP contribution is -2.46. The molecule has 1 aliphatic heterocycles. The molecule has 2 atom stereocenters. The molecule has 0 bridgehead atoms. The summed E-state index contributed by atoms with van der Waals surface area (Å²) in [6.07, 6.45) is 0.618. The maximum Gasteiger partial charge on any atom is 0.327 e. The second-order valence-corrected chi connectivity index (χ2v) is 5.87. The maximum absolute atomic E-state index is 12.6. The van der Waals surface area contributed by atoms with E-state index in [0.29, 0.717) is 12.2 Å². The molecule has 0 saturated carbocycles. The zero-order valence-corrected chi connectivity index (χ0v) is 12.4. The fourth-order valence-corrected chi connectivity index (χ4v) is 3.72. The Labute approximate surface area is 124 Å². The van der Waals surface area contributed by atoms with Gasteiger partial charge in [-0.2, -0.15) is 0 Å². The Kier molecular flexibility index (Phi) is 4.21. The molecule has 1 aromatic heterocycles. The highest BCUT2D eigenvalue weighted by atomic mass is 32.2. The number of thioether (sulfide) groups is 1. The van der Waals surface area contributed by atoms with E-state index in [9.17, 15) is 24.8 Å². The largest absolute Gasteiger partial charge is 0.480 e. The average molecular weight is 313 g/mol. The molecule has 9 heteroatoms. The third-order valence-electron chi connectivity index (χ3n) is 3.46. The highest BCUT2D eigenvalue weighted by Crippen LogP contribution is 2.33. The van der Waals surface area contributed by atoms with Crippen LogP contribution in [0.2, 0.25) is 0 Å². The molecule has 114 valence electrons. The van der Waals surface area contributed by atoms with Gasteiger partial charge in [0.05, 0.1) is 12.4 Å². The highest BCUT2D eigenvalue weighted by Gasteiger charge is 2.42. The van der Waals surface area contributed by atoms with E-state index in [1.54, 1.807) is 0 Å². The van der Waals surface area contributed by atoms with E-state index in [4.69, 9.17) is 0 Å². The van der Waals surface area contributed by atoms with Crippen LogP contribution < -0.4 is 0 Å². The molecule has 1 aromatic rings. The van der Waals surface area contributed by atoms with Crippen molar-refractivity contribution in [2.75, 3.05) is 5.75 Å². The molecule has 1 N–H and O–H groups in total. The zero-order valence-electron chi connectivity index (χ0n) is 11.6. The summed E-state index contributed by atoms with van der Waals surface area (Å²) in [7, 11) is 1.42. The third-order valence-corrected chi connectivity index (χ3v) is 4.92. The van der Waals surface area contributed by atoms with Crippen LogP contribution >= 0.6 is 11.8 Å². The van der Waals surface area contributed by atoms with Gasteiger partial charge >= 0.3 is 11.8 Å². The molecule has 1 saturated heterocycles. The van der Waals surface area contributed by atoms with Crippen LogP contribution in [-0.2, 0) is 11.8 Å². The number of hydrogen-bond acceptors (Lipinski definition) is 5. The van der Waals surface area contributed by atoms with E-state index in [-0.39, 0.29) is 16.9 Å². The van der Waals surface area contributed by atoms with Crippen molar-refractivity contribution in [2.45, 2.75) is 24.8 Å². The first kappa shape index (κ1) is 15.4. The van der Waals surface area contributed by atoms with Crippen molar-refractivity contribution >= 4 is 29.5 Å². The molecule has 2 rings (SSSR count). The summed E-state index contributed by atoms with van der Waals surface area (Å²) in [6.45, 7) is 1.87. The highest BCUT2D eigenvalue weighted by molar-refractivity contribution is 8.00. The molecule has 1 amide bonds. The lowest BCUT2D eigenvalue weighted by atomic mass is 10.2. The van der Waals surface area contributed by atoms with Crippen LogP contribution in [0, 0.1) is 10.1 Å². The predicted molar refractivity (Wildman–Crippen MR) is 76.2 cm³/mol. The van der Waals surface area contributed by atoms with Crippen LogP contribution in [0.4, 0.5) is 5.82 Å². The van der Waals surface area contributed by atoms with E-state index in [1.807, 2.05) is 6.92 Å². The van der Waals surface area contributed by atoms with Gasteiger partial charge in [0.25, 0.3) is 5.91 Å². The Morgan fingerprint density at radius 2 is 2.19 bits per heavy atom. The van der Waals surface area contributed by atoms with Gasteiger partial charge < -0.3 is 20.1 Å². The molecule has 0 radical (unpaired) electrons. The first-order chi connectivity index (χ1) is 9.88. The van der Waals surface area contributed by atoms with Crippen LogP contribution in [0.1, 0.15) is 23.8 Å². The summed E-state index contributed by atoms with van der Waals surface area (Å²) in [5.41, 5.74) is 0.119. The summed E-state index contributed by atoms with van der Waals surface area (Å²) in [6, 6.07) is 1.70. The molecule has 1 aliphatic rings. The van der Waals surface area contributed by atoms with Gasteiger partial charge in [-0.1, -0.05) is 6.92 Å². The zero-order chi connectivity index (χ0) is 15.7. The van der Waals surface area contributed by atoms with Gasteiger partial charge in [-0.25, -0.2) is 9.36 Å². The first-order valence-corrected chi connectivity index (χ1v) is 7.40. The van der Waals surface area contributed by atoms with Crippen LogP contribution in [0.25, 0.3) is 0 Å². The SMILES string of the molecule is CCC1SCC(C(=O)O)N1C(=O)c1ccc([N+](=O)[O-])n1C. The number of hydrogen-bond donors (Lipinski definition) is 1. The van der Waals surface area contributed by atoms with Gasteiger partial charge in [0, 0.05) is 11.8 Å². The number of nitrogens with zero attached hydrogens (tertiary/aromatic N) is 3. The van der Waals surface area contributed by atoms with Crippen molar-refractivity contribution in [1.82, 2.24) is 9.47 Å². The van der Waals surface area contributed by atoms with Gasteiger partial charge in [0.1, 0.15) is 6.04 Å². The molecule has 21 heavy (non-hydrogen) atoms.